The maximum atomic E-state index is 13.6. The molecule has 0 unspecified atom stereocenters. The van der Waals surface area contributed by atoms with E-state index in [9.17, 15) is 9.59 Å². The molecule has 1 saturated carbocycles. The number of carbonyl (C=O) groups excluding carboxylic acids is 2. The summed E-state index contributed by atoms with van der Waals surface area (Å²) in [6.45, 7) is 4.86. The number of benzene rings is 2. The number of amides is 2. The lowest BCUT2D eigenvalue weighted by Gasteiger charge is -2.27. The van der Waals surface area contributed by atoms with E-state index in [0.29, 0.717) is 6.54 Å². The fourth-order valence-electron chi connectivity index (χ4n) is 4.68. The number of carbonyl (C=O) groups is 2. The number of nitrogens with one attached hydrogen (secondary N) is 1. The molecule has 0 spiro atoms. The predicted octanol–water partition coefficient (Wildman–Crippen LogP) is 5.31. The molecule has 174 valence electrons. The molecule has 1 fully saturated rings. The summed E-state index contributed by atoms with van der Waals surface area (Å²) in [6.07, 6.45) is 4.01. The van der Waals surface area contributed by atoms with Crippen LogP contribution in [-0.4, -0.2) is 30.4 Å². The van der Waals surface area contributed by atoms with Crippen molar-refractivity contribution in [2.45, 2.75) is 58.7 Å². The Kier molecular flexibility index (Phi) is 7.43. The van der Waals surface area contributed by atoms with Crippen molar-refractivity contribution in [2.24, 2.45) is 16.8 Å². The van der Waals surface area contributed by atoms with Crippen molar-refractivity contribution in [2.75, 3.05) is 11.4 Å². The second kappa shape index (κ2) is 10.6. The monoisotopic (exact) mass is 447 g/mol. The van der Waals surface area contributed by atoms with E-state index in [1.54, 1.807) is 4.90 Å². The summed E-state index contributed by atoms with van der Waals surface area (Å²) in [6, 6.07) is 17.5. The molecule has 0 bridgehead atoms. The number of rotatable bonds is 6. The smallest absolute Gasteiger partial charge is 0.409 e. The van der Waals surface area contributed by atoms with Crippen LogP contribution in [0.3, 0.4) is 0 Å². The molecule has 1 aliphatic carbocycles. The molecule has 6 nitrogen and oxygen atoms in total. The lowest BCUT2D eigenvalue weighted by Crippen LogP contribution is -2.48. The fraction of sp³-hybridized carbons (Fsp3) is 0.444. The topological polar surface area (TPSA) is 71.0 Å². The summed E-state index contributed by atoms with van der Waals surface area (Å²) in [5.74, 6) is 0.332. The highest BCUT2D eigenvalue weighted by molar-refractivity contribution is 6.14. The van der Waals surface area contributed by atoms with E-state index in [0.717, 1.165) is 48.2 Å². The number of alkyl carbamates (subject to hydrolysis) is 1. The van der Waals surface area contributed by atoms with E-state index in [1.165, 1.54) is 6.42 Å². The summed E-state index contributed by atoms with van der Waals surface area (Å²) in [4.78, 5) is 33.0. The van der Waals surface area contributed by atoms with Gasteiger partial charge in [0.25, 0.3) is 5.91 Å². The van der Waals surface area contributed by atoms with E-state index < -0.39 is 12.3 Å². The third-order valence-electron chi connectivity index (χ3n) is 6.25. The third-order valence-corrected chi connectivity index (χ3v) is 6.25. The zero-order chi connectivity index (χ0) is 23.2. The molecular weight excluding hydrogens is 414 g/mol. The lowest BCUT2D eigenvalue weighted by atomic mass is 9.82. The first-order valence-corrected chi connectivity index (χ1v) is 12.0. The van der Waals surface area contributed by atoms with Gasteiger partial charge in [-0.2, -0.15) is 0 Å². The van der Waals surface area contributed by atoms with Crippen molar-refractivity contribution >= 4 is 23.4 Å². The largest absolute Gasteiger partial charge is 0.445 e. The van der Waals surface area contributed by atoms with Crippen LogP contribution >= 0.6 is 0 Å². The van der Waals surface area contributed by atoms with Crippen molar-refractivity contribution in [3.63, 3.8) is 0 Å². The predicted molar refractivity (Wildman–Crippen MR) is 130 cm³/mol. The quantitative estimate of drug-likeness (QED) is 0.652. The summed E-state index contributed by atoms with van der Waals surface area (Å²) < 4.78 is 5.40. The van der Waals surface area contributed by atoms with Crippen LogP contribution in [0.25, 0.3) is 0 Å². The van der Waals surface area contributed by atoms with Crippen LogP contribution in [0.15, 0.2) is 59.6 Å². The van der Waals surface area contributed by atoms with Gasteiger partial charge in [0.1, 0.15) is 6.61 Å². The molecule has 33 heavy (non-hydrogen) atoms. The number of hydrogen-bond donors (Lipinski definition) is 1. The molecule has 1 heterocycles. The second-order valence-electron chi connectivity index (χ2n) is 9.32. The summed E-state index contributed by atoms with van der Waals surface area (Å²) in [5, 5.41) is 2.75. The molecular formula is C27H33N3O3. The van der Waals surface area contributed by atoms with Gasteiger partial charge in [0.2, 0.25) is 6.17 Å². The van der Waals surface area contributed by atoms with Crippen LogP contribution in [0, 0.1) is 11.8 Å². The van der Waals surface area contributed by atoms with Crippen LogP contribution in [0.1, 0.15) is 57.1 Å². The summed E-state index contributed by atoms with van der Waals surface area (Å²) in [7, 11) is 0. The molecule has 1 aliphatic heterocycles. The molecule has 0 saturated heterocycles. The van der Waals surface area contributed by atoms with Crippen molar-refractivity contribution in [3.05, 3.63) is 65.7 Å². The van der Waals surface area contributed by atoms with Gasteiger partial charge >= 0.3 is 6.09 Å². The number of para-hydroxylation sites is 1. The van der Waals surface area contributed by atoms with Crippen molar-refractivity contribution in [1.29, 1.82) is 0 Å². The Bertz CT molecular complexity index is 997. The van der Waals surface area contributed by atoms with Gasteiger partial charge in [-0.1, -0.05) is 81.6 Å². The molecule has 2 amide bonds. The van der Waals surface area contributed by atoms with Crippen molar-refractivity contribution < 1.29 is 14.3 Å². The second-order valence-corrected chi connectivity index (χ2v) is 9.32. The van der Waals surface area contributed by atoms with Crippen LogP contribution < -0.4 is 10.2 Å². The maximum absolute atomic E-state index is 13.6. The van der Waals surface area contributed by atoms with E-state index in [2.05, 4.69) is 25.2 Å². The van der Waals surface area contributed by atoms with Crippen LogP contribution in [0.5, 0.6) is 0 Å². The first-order valence-electron chi connectivity index (χ1n) is 12.0. The Hall–Kier alpha value is -3.15. The first kappa shape index (κ1) is 23.0. The molecule has 6 heteroatoms. The average molecular weight is 448 g/mol. The van der Waals surface area contributed by atoms with Crippen molar-refractivity contribution in [1.82, 2.24) is 5.32 Å². The van der Waals surface area contributed by atoms with E-state index in [-0.39, 0.29) is 24.3 Å². The van der Waals surface area contributed by atoms with E-state index >= 15 is 0 Å². The zero-order valence-electron chi connectivity index (χ0n) is 19.5. The highest BCUT2D eigenvalue weighted by Gasteiger charge is 2.35. The molecule has 2 aromatic carbocycles. The Morgan fingerprint density at radius 2 is 1.76 bits per heavy atom. The highest BCUT2D eigenvalue weighted by Crippen LogP contribution is 2.34. The van der Waals surface area contributed by atoms with Gasteiger partial charge in [-0.3, -0.25) is 15.1 Å². The Morgan fingerprint density at radius 1 is 1.06 bits per heavy atom. The number of benzodiazepines with no additional fused rings is 1. The standard InChI is InChI=1S/C27H33N3O3/c1-19(2)17-30-23-16-10-9-15-22(23)24(21-13-7-4-8-14-21)28-25(26(30)31)29-27(32)33-18-20-11-5-3-6-12-20/h3,5-6,9-12,15-16,19,21,25H,4,7-8,13-14,17-18H2,1-2H3,(H,29,32)/t25-/m0/s1. The van der Waals surface area contributed by atoms with Gasteiger partial charge in [-0.15, -0.1) is 0 Å². The minimum atomic E-state index is -1.00. The fourth-order valence-corrected chi connectivity index (χ4v) is 4.68. The number of ether oxygens (including phenoxy) is 1. The van der Waals surface area contributed by atoms with E-state index in [1.807, 2.05) is 48.5 Å². The molecule has 0 aromatic heterocycles. The van der Waals surface area contributed by atoms with Gasteiger partial charge in [0, 0.05) is 18.0 Å². The maximum Gasteiger partial charge on any atom is 0.409 e. The minimum absolute atomic E-state index is 0.142. The summed E-state index contributed by atoms with van der Waals surface area (Å²) in [5.41, 5.74) is 3.70. The highest BCUT2D eigenvalue weighted by atomic mass is 16.5. The molecule has 1 atom stereocenters. The molecule has 2 aliphatic rings. The number of aliphatic imine (C=N–C) groups is 1. The minimum Gasteiger partial charge on any atom is -0.445 e. The number of fused-ring (bicyclic) bond motifs is 1. The molecule has 0 radical (unpaired) electrons. The third kappa shape index (κ3) is 5.62. The number of anilines is 1. The molecule has 2 aromatic rings. The molecule has 1 N–H and O–H groups in total. The van der Waals surface area contributed by atoms with Gasteiger partial charge in [-0.05, 0) is 30.4 Å². The SMILES string of the molecule is CC(C)CN1C(=O)[C@H](NC(=O)OCc2ccccc2)N=C(C2CCCCC2)c2ccccc21. The average Bonchev–Trinajstić information content (AvgIpc) is 2.94. The van der Waals surface area contributed by atoms with Crippen LogP contribution in [0.4, 0.5) is 10.5 Å². The van der Waals surface area contributed by atoms with Gasteiger partial charge in [0.05, 0.1) is 11.4 Å². The van der Waals surface area contributed by atoms with Gasteiger partial charge < -0.3 is 9.64 Å². The Morgan fingerprint density at radius 3 is 2.48 bits per heavy atom. The van der Waals surface area contributed by atoms with Crippen LogP contribution in [0.2, 0.25) is 0 Å². The van der Waals surface area contributed by atoms with Gasteiger partial charge in [-0.25, -0.2) is 4.79 Å². The van der Waals surface area contributed by atoms with Crippen molar-refractivity contribution in [3.8, 4) is 0 Å². The number of hydrogen-bond acceptors (Lipinski definition) is 4. The Balaban J connectivity index is 1.62. The van der Waals surface area contributed by atoms with Crippen LogP contribution in [-0.2, 0) is 16.1 Å². The first-order chi connectivity index (χ1) is 16.0. The van der Waals surface area contributed by atoms with Gasteiger partial charge in [0.15, 0.2) is 0 Å². The Labute approximate surface area is 196 Å². The normalized spacial score (nSPS) is 19.0. The van der Waals surface area contributed by atoms with E-state index in [4.69, 9.17) is 9.73 Å². The zero-order valence-corrected chi connectivity index (χ0v) is 19.5. The molecule has 4 rings (SSSR count). The lowest BCUT2D eigenvalue weighted by molar-refractivity contribution is -0.120. The number of nitrogens with zero attached hydrogens (tertiary/aromatic N) is 2. The summed E-state index contributed by atoms with van der Waals surface area (Å²) >= 11 is 0.